The Morgan fingerprint density at radius 3 is 2.93 bits per heavy atom. The Hall–Kier alpha value is -1.00. The molecule has 0 radical (unpaired) electrons. The van der Waals surface area contributed by atoms with Gasteiger partial charge in [0.2, 0.25) is 5.91 Å². The van der Waals surface area contributed by atoms with Crippen LogP contribution in [0.4, 0.5) is 5.69 Å². The van der Waals surface area contributed by atoms with Crippen LogP contribution in [-0.2, 0) is 4.79 Å². The summed E-state index contributed by atoms with van der Waals surface area (Å²) in [5.74, 6) is -0.00453. The molecule has 0 unspecified atom stereocenters. The number of amides is 1. The summed E-state index contributed by atoms with van der Waals surface area (Å²) in [5.41, 5.74) is 0.852. The summed E-state index contributed by atoms with van der Waals surface area (Å²) in [6.07, 6.45) is 2.01. The lowest BCUT2D eigenvalue weighted by atomic mass is 10.3. The van der Waals surface area contributed by atoms with E-state index in [-0.39, 0.29) is 5.91 Å². The lowest BCUT2D eigenvalue weighted by Gasteiger charge is -2.06. The molecule has 2 N–H and O–H groups in total. The molecule has 0 aliphatic heterocycles. The summed E-state index contributed by atoms with van der Waals surface area (Å²) in [6, 6.07) is 7.82. The molecule has 1 aromatic carbocycles. The quantitative estimate of drug-likeness (QED) is 0.751. The van der Waals surface area contributed by atoms with Crippen molar-refractivity contribution >= 4 is 23.4 Å². The molecule has 0 atom stereocenters. The molecule has 0 saturated heterocycles. The van der Waals surface area contributed by atoms with Gasteiger partial charge in [-0.25, -0.2) is 0 Å². The van der Waals surface area contributed by atoms with E-state index in [1.807, 2.05) is 37.4 Å². The average molecular weight is 224 g/mol. The zero-order valence-electron chi connectivity index (χ0n) is 9.04. The SMILES string of the molecule is CCNCC(=O)Nc1cccc(SC)c1. The first kappa shape index (κ1) is 12.1. The second-order valence-corrected chi connectivity index (χ2v) is 3.94. The van der Waals surface area contributed by atoms with E-state index in [1.54, 1.807) is 11.8 Å². The first-order chi connectivity index (χ1) is 7.26. The summed E-state index contributed by atoms with van der Waals surface area (Å²) < 4.78 is 0. The zero-order valence-corrected chi connectivity index (χ0v) is 9.86. The molecule has 0 aromatic heterocycles. The van der Waals surface area contributed by atoms with Gasteiger partial charge >= 0.3 is 0 Å². The molecule has 0 spiro atoms. The fraction of sp³-hybridized carbons (Fsp3) is 0.364. The highest BCUT2D eigenvalue weighted by Crippen LogP contribution is 2.18. The molecule has 0 aliphatic carbocycles. The van der Waals surface area contributed by atoms with Crippen molar-refractivity contribution in [1.29, 1.82) is 0 Å². The third-order valence-corrected chi connectivity index (χ3v) is 2.61. The second-order valence-electron chi connectivity index (χ2n) is 3.06. The fourth-order valence-electron chi connectivity index (χ4n) is 1.14. The van der Waals surface area contributed by atoms with Crippen molar-refractivity contribution in [2.24, 2.45) is 0 Å². The molecule has 1 aromatic rings. The first-order valence-corrected chi connectivity index (χ1v) is 6.13. The Morgan fingerprint density at radius 2 is 2.27 bits per heavy atom. The largest absolute Gasteiger partial charge is 0.325 e. The topological polar surface area (TPSA) is 41.1 Å². The molecule has 4 heteroatoms. The molecule has 82 valence electrons. The van der Waals surface area contributed by atoms with Gasteiger partial charge < -0.3 is 10.6 Å². The normalized spacial score (nSPS) is 10.0. The summed E-state index contributed by atoms with van der Waals surface area (Å²) in [4.78, 5) is 12.5. The van der Waals surface area contributed by atoms with Crippen LogP contribution in [0.15, 0.2) is 29.2 Å². The Bertz CT molecular complexity index is 328. The summed E-state index contributed by atoms with van der Waals surface area (Å²) in [5, 5.41) is 5.82. The average Bonchev–Trinajstić information content (AvgIpc) is 2.26. The summed E-state index contributed by atoms with van der Waals surface area (Å²) in [7, 11) is 0. The van der Waals surface area contributed by atoms with Crippen LogP contribution in [0.5, 0.6) is 0 Å². The first-order valence-electron chi connectivity index (χ1n) is 4.91. The van der Waals surface area contributed by atoms with Crippen LogP contribution < -0.4 is 10.6 Å². The summed E-state index contributed by atoms with van der Waals surface area (Å²) in [6.45, 7) is 3.14. The standard InChI is InChI=1S/C11H16N2OS/c1-3-12-8-11(14)13-9-5-4-6-10(7-9)15-2/h4-7,12H,3,8H2,1-2H3,(H,13,14). The van der Waals surface area contributed by atoms with Gasteiger partial charge in [-0.15, -0.1) is 11.8 Å². The molecule has 3 nitrogen and oxygen atoms in total. The van der Waals surface area contributed by atoms with E-state index in [1.165, 1.54) is 0 Å². The molecule has 0 saturated carbocycles. The van der Waals surface area contributed by atoms with E-state index < -0.39 is 0 Å². The maximum absolute atomic E-state index is 11.4. The number of hydrogen-bond donors (Lipinski definition) is 2. The van der Waals surface area contributed by atoms with Crippen LogP contribution in [0.2, 0.25) is 0 Å². The van der Waals surface area contributed by atoms with Crippen molar-refractivity contribution in [3.8, 4) is 0 Å². The van der Waals surface area contributed by atoms with Gasteiger partial charge in [-0.05, 0) is 31.0 Å². The predicted molar refractivity (Wildman–Crippen MR) is 65.4 cm³/mol. The lowest BCUT2D eigenvalue weighted by Crippen LogP contribution is -2.27. The van der Waals surface area contributed by atoms with Gasteiger partial charge in [0.15, 0.2) is 0 Å². The molecular formula is C11H16N2OS. The number of thioether (sulfide) groups is 1. The molecule has 15 heavy (non-hydrogen) atoms. The van der Waals surface area contributed by atoms with Crippen LogP contribution in [0.1, 0.15) is 6.92 Å². The number of likely N-dealkylation sites (N-methyl/N-ethyl adjacent to an activating group) is 1. The molecule has 1 amide bonds. The van der Waals surface area contributed by atoms with E-state index >= 15 is 0 Å². The number of anilines is 1. The van der Waals surface area contributed by atoms with Gasteiger partial charge in [0, 0.05) is 10.6 Å². The maximum atomic E-state index is 11.4. The minimum absolute atomic E-state index is 0.00453. The molecule has 0 fully saturated rings. The van der Waals surface area contributed by atoms with E-state index in [2.05, 4.69) is 10.6 Å². The second kappa shape index (κ2) is 6.48. The minimum Gasteiger partial charge on any atom is -0.325 e. The monoisotopic (exact) mass is 224 g/mol. The smallest absolute Gasteiger partial charge is 0.238 e. The van der Waals surface area contributed by atoms with Gasteiger partial charge in [-0.1, -0.05) is 13.0 Å². The number of rotatable bonds is 5. The van der Waals surface area contributed by atoms with Crippen LogP contribution >= 0.6 is 11.8 Å². The van der Waals surface area contributed by atoms with Crippen molar-refractivity contribution in [2.45, 2.75) is 11.8 Å². The Labute approximate surface area is 94.6 Å². The van der Waals surface area contributed by atoms with Gasteiger partial charge in [0.1, 0.15) is 0 Å². The Kier molecular flexibility index (Phi) is 5.21. The van der Waals surface area contributed by atoms with Crippen LogP contribution in [0.25, 0.3) is 0 Å². The maximum Gasteiger partial charge on any atom is 0.238 e. The van der Waals surface area contributed by atoms with Crippen LogP contribution in [0.3, 0.4) is 0 Å². The number of hydrogen-bond acceptors (Lipinski definition) is 3. The van der Waals surface area contributed by atoms with Crippen molar-refractivity contribution in [3.63, 3.8) is 0 Å². The molecular weight excluding hydrogens is 208 g/mol. The molecule has 1 rings (SSSR count). The minimum atomic E-state index is -0.00453. The lowest BCUT2D eigenvalue weighted by molar-refractivity contribution is -0.115. The predicted octanol–water partition coefficient (Wildman–Crippen LogP) is 1.96. The number of nitrogens with one attached hydrogen (secondary N) is 2. The molecule has 0 heterocycles. The highest BCUT2D eigenvalue weighted by Gasteiger charge is 2.01. The van der Waals surface area contributed by atoms with E-state index in [4.69, 9.17) is 0 Å². The van der Waals surface area contributed by atoms with Crippen molar-refractivity contribution < 1.29 is 4.79 Å². The third kappa shape index (κ3) is 4.36. The van der Waals surface area contributed by atoms with E-state index in [0.717, 1.165) is 17.1 Å². The van der Waals surface area contributed by atoms with Crippen molar-refractivity contribution in [2.75, 3.05) is 24.7 Å². The third-order valence-electron chi connectivity index (χ3n) is 1.89. The van der Waals surface area contributed by atoms with Gasteiger partial charge in [-0.3, -0.25) is 4.79 Å². The van der Waals surface area contributed by atoms with Crippen molar-refractivity contribution in [1.82, 2.24) is 5.32 Å². The van der Waals surface area contributed by atoms with E-state index in [9.17, 15) is 4.79 Å². The molecule has 0 bridgehead atoms. The van der Waals surface area contributed by atoms with Gasteiger partial charge in [0.25, 0.3) is 0 Å². The Balaban J connectivity index is 2.52. The van der Waals surface area contributed by atoms with Crippen LogP contribution in [-0.4, -0.2) is 25.3 Å². The Morgan fingerprint density at radius 1 is 1.47 bits per heavy atom. The fourth-order valence-corrected chi connectivity index (χ4v) is 1.60. The number of carbonyl (C=O) groups excluding carboxylic acids is 1. The van der Waals surface area contributed by atoms with Gasteiger partial charge in [-0.2, -0.15) is 0 Å². The van der Waals surface area contributed by atoms with E-state index in [0.29, 0.717) is 6.54 Å². The summed E-state index contributed by atoms with van der Waals surface area (Å²) >= 11 is 1.66. The van der Waals surface area contributed by atoms with Gasteiger partial charge in [0.05, 0.1) is 6.54 Å². The molecule has 0 aliphatic rings. The highest BCUT2D eigenvalue weighted by molar-refractivity contribution is 7.98. The number of carbonyl (C=O) groups is 1. The van der Waals surface area contributed by atoms with Crippen molar-refractivity contribution in [3.05, 3.63) is 24.3 Å². The highest BCUT2D eigenvalue weighted by atomic mass is 32.2. The van der Waals surface area contributed by atoms with Crippen LogP contribution in [0, 0.1) is 0 Å². The zero-order chi connectivity index (χ0) is 11.1. The number of benzene rings is 1.